The average Bonchev–Trinajstić information content (AvgIpc) is 2.66. The molecule has 0 aliphatic heterocycles. The highest BCUT2D eigenvalue weighted by Gasteiger charge is 2.34. The van der Waals surface area contributed by atoms with Crippen LogP contribution in [0.4, 0.5) is 0 Å². The molecule has 0 aromatic rings. The molecule has 0 saturated carbocycles. The lowest BCUT2D eigenvalue weighted by Crippen LogP contribution is -2.57. The standard InChI is InChI=1S/C20H44N.C4H9O/c1-6-11-16-20(15-10-5)21(17-12-7-2,18-13-8-3)19-14-9-4;1-2-3-4-5/h20H,6-19H2,1-5H3;2-4H2,1H3/q+1;-1. The van der Waals surface area contributed by atoms with Crippen molar-refractivity contribution in [2.45, 2.75) is 131 Å². The first kappa shape index (κ1) is 28.1. The fourth-order valence-corrected chi connectivity index (χ4v) is 3.91. The molecule has 0 aromatic heterocycles. The van der Waals surface area contributed by atoms with Crippen LogP contribution < -0.4 is 5.11 Å². The molecule has 0 radical (unpaired) electrons. The summed E-state index contributed by atoms with van der Waals surface area (Å²) >= 11 is 0. The molecule has 0 N–H and O–H groups in total. The Morgan fingerprint density at radius 2 is 0.962 bits per heavy atom. The van der Waals surface area contributed by atoms with Crippen molar-refractivity contribution in [1.29, 1.82) is 0 Å². The van der Waals surface area contributed by atoms with Crippen molar-refractivity contribution in [3.63, 3.8) is 0 Å². The van der Waals surface area contributed by atoms with E-state index in [1.807, 2.05) is 6.92 Å². The Kier molecular flexibility index (Phi) is 23.0. The van der Waals surface area contributed by atoms with Gasteiger partial charge in [-0.2, -0.15) is 0 Å². The smallest absolute Gasteiger partial charge is 0.0890 e. The van der Waals surface area contributed by atoms with E-state index in [2.05, 4.69) is 34.6 Å². The summed E-state index contributed by atoms with van der Waals surface area (Å²) in [7, 11) is 0. The monoisotopic (exact) mass is 371 g/mol. The largest absolute Gasteiger partial charge is 0.854 e. The molecule has 0 aliphatic rings. The molecule has 26 heavy (non-hydrogen) atoms. The second-order valence-electron chi connectivity index (χ2n) is 8.09. The number of nitrogens with zero attached hydrogens (tertiary/aromatic N) is 1. The first-order chi connectivity index (χ1) is 12.6. The number of quaternary nitrogens is 1. The van der Waals surface area contributed by atoms with Gasteiger partial charge in [-0.3, -0.25) is 0 Å². The minimum atomic E-state index is 0.0938. The first-order valence-corrected chi connectivity index (χ1v) is 12.1. The summed E-state index contributed by atoms with van der Waals surface area (Å²) in [4.78, 5) is 0. The lowest BCUT2D eigenvalue weighted by atomic mass is 9.97. The van der Waals surface area contributed by atoms with E-state index in [0.717, 1.165) is 18.9 Å². The Hall–Kier alpha value is -0.0800. The Labute approximate surface area is 167 Å². The molecule has 0 fully saturated rings. The summed E-state index contributed by atoms with van der Waals surface area (Å²) < 4.78 is 1.45. The second kappa shape index (κ2) is 21.2. The number of hydrogen-bond acceptors (Lipinski definition) is 1. The molecule has 2 nitrogen and oxygen atoms in total. The molecular weight excluding hydrogens is 318 g/mol. The van der Waals surface area contributed by atoms with E-state index in [9.17, 15) is 5.11 Å². The molecule has 0 aliphatic carbocycles. The molecule has 0 spiro atoms. The Morgan fingerprint density at radius 1 is 0.538 bits per heavy atom. The van der Waals surface area contributed by atoms with Crippen LogP contribution in [0.15, 0.2) is 0 Å². The minimum absolute atomic E-state index is 0.0938. The Balaban J connectivity index is 0. The summed E-state index contributed by atoms with van der Waals surface area (Å²) in [5.41, 5.74) is 0. The summed E-state index contributed by atoms with van der Waals surface area (Å²) in [5, 5.41) is 9.53. The van der Waals surface area contributed by atoms with E-state index in [4.69, 9.17) is 0 Å². The van der Waals surface area contributed by atoms with Crippen molar-refractivity contribution in [3.05, 3.63) is 0 Å². The van der Waals surface area contributed by atoms with E-state index < -0.39 is 0 Å². The third-order valence-electron chi connectivity index (χ3n) is 5.66. The lowest BCUT2D eigenvalue weighted by molar-refractivity contribution is -0.952. The molecule has 2 heteroatoms. The highest BCUT2D eigenvalue weighted by Crippen LogP contribution is 2.26. The predicted octanol–water partition coefficient (Wildman–Crippen LogP) is 6.71. The third kappa shape index (κ3) is 14.0. The number of unbranched alkanes of at least 4 members (excludes halogenated alkanes) is 5. The second-order valence-corrected chi connectivity index (χ2v) is 8.09. The van der Waals surface area contributed by atoms with Crippen LogP contribution in [0, 0.1) is 0 Å². The fraction of sp³-hybridized carbons (Fsp3) is 1.00. The molecule has 0 saturated heterocycles. The van der Waals surface area contributed by atoms with Gasteiger partial charge < -0.3 is 9.59 Å². The summed E-state index contributed by atoms with van der Waals surface area (Å²) in [5.74, 6) is 0. The highest BCUT2D eigenvalue weighted by atomic mass is 16.2. The van der Waals surface area contributed by atoms with Gasteiger partial charge in [-0.1, -0.05) is 86.5 Å². The van der Waals surface area contributed by atoms with Crippen LogP contribution in [0.25, 0.3) is 0 Å². The van der Waals surface area contributed by atoms with Gasteiger partial charge in [0.15, 0.2) is 0 Å². The van der Waals surface area contributed by atoms with E-state index in [1.54, 1.807) is 0 Å². The van der Waals surface area contributed by atoms with Crippen LogP contribution in [0.3, 0.4) is 0 Å². The van der Waals surface area contributed by atoms with E-state index in [1.165, 1.54) is 94.7 Å². The minimum Gasteiger partial charge on any atom is -0.854 e. The zero-order valence-electron chi connectivity index (χ0n) is 19.5. The molecule has 160 valence electrons. The number of rotatable bonds is 17. The summed E-state index contributed by atoms with van der Waals surface area (Å²) in [6.07, 6.45) is 17.2. The Morgan fingerprint density at radius 3 is 1.23 bits per heavy atom. The molecule has 1 atom stereocenters. The van der Waals surface area contributed by atoms with E-state index in [-0.39, 0.29) is 6.61 Å². The number of hydrogen-bond donors (Lipinski definition) is 0. The lowest BCUT2D eigenvalue weighted by Gasteiger charge is -2.46. The maximum atomic E-state index is 9.53. The van der Waals surface area contributed by atoms with Crippen molar-refractivity contribution in [3.8, 4) is 0 Å². The first-order valence-electron chi connectivity index (χ1n) is 12.1. The van der Waals surface area contributed by atoms with Crippen LogP contribution in [0.5, 0.6) is 0 Å². The van der Waals surface area contributed by atoms with Gasteiger partial charge in [-0.25, -0.2) is 0 Å². The van der Waals surface area contributed by atoms with Gasteiger partial charge in [0.05, 0.1) is 25.7 Å². The molecule has 0 amide bonds. The van der Waals surface area contributed by atoms with Crippen molar-refractivity contribution in [2.24, 2.45) is 0 Å². The highest BCUT2D eigenvalue weighted by molar-refractivity contribution is 4.63. The van der Waals surface area contributed by atoms with Gasteiger partial charge in [0.2, 0.25) is 0 Å². The molecule has 0 bridgehead atoms. The van der Waals surface area contributed by atoms with Gasteiger partial charge in [-0.15, -0.1) is 6.61 Å². The van der Waals surface area contributed by atoms with Crippen LogP contribution >= 0.6 is 0 Å². The van der Waals surface area contributed by atoms with Crippen molar-refractivity contribution >= 4 is 0 Å². The third-order valence-corrected chi connectivity index (χ3v) is 5.66. The SMILES string of the molecule is CCCCC(CCC)[N+](CCCC)(CCCC)CCCC.CCCC[O-]. The summed E-state index contributed by atoms with van der Waals surface area (Å²) in [6, 6.07) is 0.930. The van der Waals surface area contributed by atoms with Crippen LogP contribution in [0.1, 0.15) is 125 Å². The molecule has 1 unspecified atom stereocenters. The van der Waals surface area contributed by atoms with Gasteiger partial charge in [0, 0.05) is 0 Å². The van der Waals surface area contributed by atoms with Crippen LogP contribution in [0.2, 0.25) is 0 Å². The van der Waals surface area contributed by atoms with E-state index in [0.29, 0.717) is 0 Å². The topological polar surface area (TPSA) is 23.1 Å². The molecule has 0 aromatic carbocycles. The average molecular weight is 372 g/mol. The van der Waals surface area contributed by atoms with Gasteiger partial charge in [-0.05, 0) is 38.5 Å². The normalized spacial score (nSPS) is 12.6. The van der Waals surface area contributed by atoms with Crippen molar-refractivity contribution < 1.29 is 9.59 Å². The zero-order valence-corrected chi connectivity index (χ0v) is 19.5. The van der Waals surface area contributed by atoms with E-state index >= 15 is 0 Å². The fourth-order valence-electron chi connectivity index (χ4n) is 3.91. The Bertz CT molecular complexity index is 231. The van der Waals surface area contributed by atoms with Crippen LogP contribution in [-0.4, -0.2) is 36.8 Å². The molecule has 0 heterocycles. The maximum absolute atomic E-state index is 9.53. The predicted molar refractivity (Wildman–Crippen MR) is 118 cm³/mol. The maximum Gasteiger partial charge on any atom is 0.0890 e. The van der Waals surface area contributed by atoms with Gasteiger partial charge in [0.1, 0.15) is 0 Å². The van der Waals surface area contributed by atoms with Crippen molar-refractivity contribution in [1.82, 2.24) is 0 Å². The zero-order chi connectivity index (χ0) is 20.1. The quantitative estimate of drug-likeness (QED) is 0.261. The van der Waals surface area contributed by atoms with Crippen molar-refractivity contribution in [2.75, 3.05) is 26.2 Å². The van der Waals surface area contributed by atoms with Crippen LogP contribution in [-0.2, 0) is 0 Å². The molecule has 0 rings (SSSR count). The molecular formula is C24H53NO. The summed E-state index contributed by atoms with van der Waals surface area (Å²) in [6.45, 7) is 18.2. The van der Waals surface area contributed by atoms with Gasteiger partial charge in [0.25, 0.3) is 0 Å². The van der Waals surface area contributed by atoms with Gasteiger partial charge >= 0.3 is 0 Å².